The second-order valence-corrected chi connectivity index (χ2v) is 4.83. The molecule has 3 heteroatoms. The molecule has 0 spiro atoms. The van der Waals surface area contributed by atoms with Crippen molar-refractivity contribution in [2.24, 2.45) is 5.92 Å². The Labute approximate surface area is 103 Å². The maximum atomic E-state index is 8.90. The Morgan fingerprint density at radius 2 is 2.24 bits per heavy atom. The fraction of sp³-hybridized carbons (Fsp3) is 0.571. The molecular formula is C14H21NO2. The molecule has 1 aromatic carbocycles. The van der Waals surface area contributed by atoms with Crippen LogP contribution in [0, 0.1) is 12.8 Å². The van der Waals surface area contributed by atoms with E-state index in [1.54, 1.807) is 0 Å². The first-order valence-corrected chi connectivity index (χ1v) is 6.30. The topological polar surface area (TPSA) is 32.7 Å². The SMILES string of the molecule is Cc1cccc(OCCCN2CC(CO)C2)c1. The highest BCUT2D eigenvalue weighted by atomic mass is 16.5. The highest BCUT2D eigenvalue weighted by Crippen LogP contribution is 2.15. The number of nitrogens with zero attached hydrogens (tertiary/aromatic N) is 1. The van der Waals surface area contributed by atoms with Gasteiger partial charge < -0.3 is 14.7 Å². The highest BCUT2D eigenvalue weighted by molar-refractivity contribution is 5.27. The van der Waals surface area contributed by atoms with Gasteiger partial charge in [-0.1, -0.05) is 12.1 Å². The van der Waals surface area contributed by atoms with E-state index in [0.717, 1.165) is 38.4 Å². The molecule has 1 aliphatic rings. The molecule has 3 nitrogen and oxygen atoms in total. The van der Waals surface area contributed by atoms with E-state index >= 15 is 0 Å². The van der Waals surface area contributed by atoms with Crippen LogP contribution in [0.15, 0.2) is 24.3 Å². The molecule has 0 atom stereocenters. The predicted molar refractivity (Wildman–Crippen MR) is 68.3 cm³/mol. The van der Waals surface area contributed by atoms with Gasteiger partial charge in [0.2, 0.25) is 0 Å². The lowest BCUT2D eigenvalue weighted by molar-refractivity contribution is 0.0502. The van der Waals surface area contributed by atoms with Gasteiger partial charge in [-0.3, -0.25) is 0 Å². The smallest absolute Gasteiger partial charge is 0.119 e. The van der Waals surface area contributed by atoms with Crippen LogP contribution in [0.1, 0.15) is 12.0 Å². The molecule has 0 radical (unpaired) electrons. The quantitative estimate of drug-likeness (QED) is 0.762. The van der Waals surface area contributed by atoms with E-state index < -0.39 is 0 Å². The summed E-state index contributed by atoms with van der Waals surface area (Å²) in [5.74, 6) is 1.47. The number of ether oxygens (including phenoxy) is 1. The highest BCUT2D eigenvalue weighted by Gasteiger charge is 2.24. The molecule has 0 unspecified atom stereocenters. The zero-order valence-corrected chi connectivity index (χ0v) is 10.4. The molecule has 1 aromatic rings. The van der Waals surface area contributed by atoms with Crippen LogP contribution in [0.3, 0.4) is 0 Å². The van der Waals surface area contributed by atoms with Crippen LogP contribution in [-0.4, -0.2) is 42.9 Å². The molecular weight excluding hydrogens is 214 g/mol. The van der Waals surface area contributed by atoms with Crippen molar-refractivity contribution in [2.45, 2.75) is 13.3 Å². The molecule has 2 rings (SSSR count). The van der Waals surface area contributed by atoms with Gasteiger partial charge in [-0.05, 0) is 31.0 Å². The van der Waals surface area contributed by atoms with Gasteiger partial charge >= 0.3 is 0 Å². The van der Waals surface area contributed by atoms with Crippen LogP contribution >= 0.6 is 0 Å². The Balaban J connectivity index is 1.58. The van der Waals surface area contributed by atoms with Gasteiger partial charge in [0, 0.05) is 32.2 Å². The third kappa shape index (κ3) is 3.72. The molecule has 0 amide bonds. The third-order valence-electron chi connectivity index (χ3n) is 3.17. The first-order chi connectivity index (χ1) is 8.28. The van der Waals surface area contributed by atoms with Gasteiger partial charge in [-0.15, -0.1) is 0 Å². The monoisotopic (exact) mass is 235 g/mol. The molecule has 0 saturated carbocycles. The summed E-state index contributed by atoms with van der Waals surface area (Å²) in [4.78, 5) is 2.36. The van der Waals surface area contributed by atoms with Crippen LogP contribution in [0.25, 0.3) is 0 Å². The minimum atomic E-state index is 0.330. The summed E-state index contributed by atoms with van der Waals surface area (Å²) in [6.45, 7) is 6.33. The summed E-state index contributed by atoms with van der Waals surface area (Å²) >= 11 is 0. The van der Waals surface area contributed by atoms with E-state index in [1.807, 2.05) is 12.1 Å². The average Bonchev–Trinajstić information content (AvgIpc) is 2.26. The van der Waals surface area contributed by atoms with E-state index in [2.05, 4.69) is 24.0 Å². The Morgan fingerprint density at radius 1 is 1.41 bits per heavy atom. The summed E-state index contributed by atoms with van der Waals surface area (Å²) < 4.78 is 5.68. The molecule has 1 aliphatic heterocycles. The van der Waals surface area contributed by atoms with Crippen molar-refractivity contribution in [3.05, 3.63) is 29.8 Å². The van der Waals surface area contributed by atoms with Crippen LogP contribution in [-0.2, 0) is 0 Å². The number of hydrogen-bond donors (Lipinski definition) is 1. The fourth-order valence-corrected chi connectivity index (χ4v) is 2.16. The Morgan fingerprint density at radius 3 is 2.94 bits per heavy atom. The molecule has 17 heavy (non-hydrogen) atoms. The van der Waals surface area contributed by atoms with Crippen LogP contribution in [0.2, 0.25) is 0 Å². The van der Waals surface area contributed by atoms with Gasteiger partial charge in [0.05, 0.1) is 6.61 Å². The maximum Gasteiger partial charge on any atom is 0.119 e. The molecule has 0 bridgehead atoms. The Kier molecular flexibility index (Phi) is 4.40. The number of likely N-dealkylation sites (tertiary alicyclic amines) is 1. The van der Waals surface area contributed by atoms with E-state index in [1.165, 1.54) is 5.56 Å². The third-order valence-corrected chi connectivity index (χ3v) is 3.17. The second-order valence-electron chi connectivity index (χ2n) is 4.83. The van der Waals surface area contributed by atoms with Crippen molar-refractivity contribution < 1.29 is 9.84 Å². The molecule has 1 heterocycles. The number of benzene rings is 1. The lowest BCUT2D eigenvalue weighted by atomic mass is 10.0. The van der Waals surface area contributed by atoms with Gasteiger partial charge in [0.1, 0.15) is 5.75 Å². The number of hydrogen-bond acceptors (Lipinski definition) is 3. The van der Waals surface area contributed by atoms with E-state index in [4.69, 9.17) is 9.84 Å². The molecule has 94 valence electrons. The van der Waals surface area contributed by atoms with Gasteiger partial charge in [0.15, 0.2) is 0 Å². The Hall–Kier alpha value is -1.06. The zero-order chi connectivity index (χ0) is 12.1. The normalized spacial score (nSPS) is 16.8. The van der Waals surface area contributed by atoms with Gasteiger partial charge in [0.25, 0.3) is 0 Å². The van der Waals surface area contributed by atoms with E-state index in [0.29, 0.717) is 12.5 Å². The first kappa shape index (κ1) is 12.4. The Bertz CT molecular complexity index is 348. The van der Waals surface area contributed by atoms with E-state index in [-0.39, 0.29) is 0 Å². The summed E-state index contributed by atoms with van der Waals surface area (Å²) in [6.07, 6.45) is 1.05. The first-order valence-electron chi connectivity index (χ1n) is 6.30. The van der Waals surface area contributed by atoms with Crippen LogP contribution in [0.4, 0.5) is 0 Å². The van der Waals surface area contributed by atoms with Crippen LogP contribution in [0.5, 0.6) is 5.75 Å². The standard InChI is InChI=1S/C14H21NO2/c1-12-4-2-5-14(8-12)17-7-3-6-15-9-13(10-15)11-16/h2,4-5,8,13,16H,3,6-7,9-11H2,1H3. The summed E-state index contributed by atoms with van der Waals surface area (Å²) in [7, 11) is 0. The number of rotatable bonds is 6. The molecule has 1 N–H and O–H groups in total. The van der Waals surface area contributed by atoms with Crippen molar-refractivity contribution in [2.75, 3.05) is 32.8 Å². The fourth-order valence-electron chi connectivity index (χ4n) is 2.16. The zero-order valence-electron chi connectivity index (χ0n) is 10.4. The van der Waals surface area contributed by atoms with Crippen molar-refractivity contribution in [3.63, 3.8) is 0 Å². The largest absolute Gasteiger partial charge is 0.494 e. The summed E-state index contributed by atoms with van der Waals surface area (Å²) in [6, 6.07) is 8.15. The molecule has 0 aromatic heterocycles. The van der Waals surface area contributed by atoms with Crippen molar-refractivity contribution in [1.82, 2.24) is 4.90 Å². The number of aryl methyl sites for hydroxylation is 1. The molecule has 1 fully saturated rings. The van der Waals surface area contributed by atoms with Crippen molar-refractivity contribution in [3.8, 4) is 5.75 Å². The summed E-state index contributed by atoms with van der Waals surface area (Å²) in [5.41, 5.74) is 1.23. The number of aliphatic hydroxyl groups is 1. The maximum absolute atomic E-state index is 8.90. The van der Waals surface area contributed by atoms with Crippen LogP contribution < -0.4 is 4.74 Å². The van der Waals surface area contributed by atoms with Gasteiger partial charge in [-0.25, -0.2) is 0 Å². The lowest BCUT2D eigenvalue weighted by Crippen LogP contribution is -2.48. The predicted octanol–water partition coefficient (Wildman–Crippen LogP) is 1.69. The van der Waals surface area contributed by atoms with Crippen molar-refractivity contribution in [1.29, 1.82) is 0 Å². The minimum Gasteiger partial charge on any atom is -0.494 e. The molecule has 0 aliphatic carbocycles. The van der Waals surface area contributed by atoms with E-state index in [9.17, 15) is 0 Å². The second kappa shape index (κ2) is 6.03. The number of aliphatic hydroxyl groups excluding tert-OH is 1. The summed E-state index contributed by atoms with van der Waals surface area (Å²) in [5, 5.41) is 8.90. The molecule has 1 saturated heterocycles. The van der Waals surface area contributed by atoms with Gasteiger partial charge in [-0.2, -0.15) is 0 Å². The minimum absolute atomic E-state index is 0.330. The average molecular weight is 235 g/mol. The lowest BCUT2D eigenvalue weighted by Gasteiger charge is -2.38. The van der Waals surface area contributed by atoms with Crippen molar-refractivity contribution >= 4 is 0 Å².